The van der Waals surface area contributed by atoms with Crippen molar-refractivity contribution < 1.29 is 19.4 Å². The van der Waals surface area contributed by atoms with Crippen molar-refractivity contribution >= 4 is 29.3 Å². The molecule has 1 saturated heterocycles. The van der Waals surface area contributed by atoms with E-state index in [1.807, 2.05) is 11.4 Å². The van der Waals surface area contributed by atoms with Crippen LogP contribution in [0.1, 0.15) is 23.3 Å². The van der Waals surface area contributed by atoms with Crippen molar-refractivity contribution in [2.75, 3.05) is 6.61 Å². The molecule has 2 heterocycles. The Morgan fingerprint density at radius 2 is 2.42 bits per heavy atom. The van der Waals surface area contributed by atoms with Crippen molar-refractivity contribution in [1.82, 2.24) is 5.32 Å². The molecule has 0 saturated carbocycles. The summed E-state index contributed by atoms with van der Waals surface area (Å²) >= 11 is 1.49. The van der Waals surface area contributed by atoms with Gasteiger partial charge in [0, 0.05) is 17.6 Å². The molecule has 1 aromatic heterocycles. The minimum atomic E-state index is -0.986. The first-order valence-electron chi connectivity index (χ1n) is 6.03. The zero-order valence-corrected chi connectivity index (χ0v) is 11.1. The van der Waals surface area contributed by atoms with E-state index in [1.165, 1.54) is 17.4 Å². The predicted molar refractivity (Wildman–Crippen MR) is 71.8 cm³/mol. The van der Waals surface area contributed by atoms with E-state index in [2.05, 4.69) is 5.32 Å². The van der Waals surface area contributed by atoms with E-state index >= 15 is 0 Å². The fourth-order valence-corrected chi connectivity index (χ4v) is 2.68. The van der Waals surface area contributed by atoms with Crippen LogP contribution in [0.2, 0.25) is 0 Å². The van der Waals surface area contributed by atoms with E-state index in [4.69, 9.17) is 9.84 Å². The Bertz CT molecular complexity index is 489. The first-order chi connectivity index (χ1) is 9.16. The lowest BCUT2D eigenvalue weighted by atomic mass is 10.2. The molecule has 1 fully saturated rings. The molecular weight excluding hydrogens is 266 g/mol. The molecule has 19 heavy (non-hydrogen) atoms. The SMILES string of the molecule is O=C(O)C=Cc1ccsc1CNC(=O)C1CCCO1. The summed E-state index contributed by atoms with van der Waals surface area (Å²) in [6.45, 7) is 1.04. The number of hydrogen-bond acceptors (Lipinski definition) is 4. The van der Waals surface area contributed by atoms with Crippen LogP contribution in [-0.2, 0) is 20.9 Å². The van der Waals surface area contributed by atoms with Crippen LogP contribution in [-0.4, -0.2) is 29.7 Å². The number of hydrogen-bond donors (Lipinski definition) is 2. The summed E-state index contributed by atoms with van der Waals surface area (Å²) in [5, 5.41) is 13.3. The van der Waals surface area contributed by atoms with E-state index < -0.39 is 5.97 Å². The van der Waals surface area contributed by atoms with Gasteiger partial charge in [-0.3, -0.25) is 4.79 Å². The molecule has 1 aromatic rings. The number of amides is 1. The predicted octanol–water partition coefficient (Wildman–Crippen LogP) is 1.64. The highest BCUT2D eigenvalue weighted by Gasteiger charge is 2.23. The average molecular weight is 281 g/mol. The Labute approximate surface area is 114 Å². The second-order valence-electron chi connectivity index (χ2n) is 4.19. The standard InChI is InChI=1S/C13H15NO4S/c15-12(16)4-3-9-5-7-19-11(9)8-14-13(17)10-2-1-6-18-10/h3-5,7,10H,1-2,6,8H2,(H,14,17)(H,15,16). The van der Waals surface area contributed by atoms with E-state index in [0.29, 0.717) is 13.2 Å². The molecule has 2 rings (SSSR count). The summed E-state index contributed by atoms with van der Waals surface area (Å²) in [6.07, 6.45) is 3.98. The number of rotatable bonds is 5. The number of carbonyl (C=O) groups is 2. The maximum atomic E-state index is 11.8. The fourth-order valence-electron chi connectivity index (χ4n) is 1.87. The third-order valence-electron chi connectivity index (χ3n) is 2.83. The zero-order chi connectivity index (χ0) is 13.7. The topological polar surface area (TPSA) is 75.6 Å². The molecule has 0 spiro atoms. The summed E-state index contributed by atoms with van der Waals surface area (Å²) in [5.41, 5.74) is 0.819. The third-order valence-corrected chi connectivity index (χ3v) is 3.77. The van der Waals surface area contributed by atoms with Gasteiger partial charge < -0.3 is 15.2 Å². The van der Waals surface area contributed by atoms with Crippen molar-refractivity contribution in [1.29, 1.82) is 0 Å². The van der Waals surface area contributed by atoms with Gasteiger partial charge in [-0.15, -0.1) is 11.3 Å². The molecular formula is C13H15NO4S. The molecule has 5 nitrogen and oxygen atoms in total. The second-order valence-corrected chi connectivity index (χ2v) is 5.19. The highest BCUT2D eigenvalue weighted by Crippen LogP contribution is 2.19. The Morgan fingerprint density at radius 1 is 1.58 bits per heavy atom. The Balaban J connectivity index is 1.90. The van der Waals surface area contributed by atoms with Crippen LogP contribution in [0.3, 0.4) is 0 Å². The van der Waals surface area contributed by atoms with Crippen LogP contribution in [0.25, 0.3) is 6.08 Å². The summed E-state index contributed by atoms with van der Waals surface area (Å²) in [7, 11) is 0. The quantitative estimate of drug-likeness (QED) is 0.805. The Kier molecular flexibility index (Phi) is 4.70. The van der Waals surface area contributed by atoms with E-state index in [9.17, 15) is 9.59 Å². The van der Waals surface area contributed by atoms with Gasteiger partial charge in [0.05, 0.1) is 6.54 Å². The van der Waals surface area contributed by atoms with Gasteiger partial charge >= 0.3 is 5.97 Å². The van der Waals surface area contributed by atoms with Crippen molar-refractivity contribution in [3.63, 3.8) is 0 Å². The largest absolute Gasteiger partial charge is 0.478 e. The van der Waals surface area contributed by atoms with Crippen molar-refractivity contribution in [2.24, 2.45) is 0 Å². The van der Waals surface area contributed by atoms with Crippen molar-refractivity contribution in [3.8, 4) is 0 Å². The van der Waals surface area contributed by atoms with Gasteiger partial charge in [0.2, 0.25) is 5.91 Å². The molecule has 0 aromatic carbocycles. The van der Waals surface area contributed by atoms with E-state index in [1.54, 1.807) is 0 Å². The van der Waals surface area contributed by atoms with E-state index in [0.717, 1.165) is 29.4 Å². The second kappa shape index (κ2) is 6.49. The lowest BCUT2D eigenvalue weighted by Gasteiger charge is -2.09. The minimum absolute atomic E-state index is 0.0981. The van der Waals surface area contributed by atoms with Crippen LogP contribution in [0, 0.1) is 0 Å². The van der Waals surface area contributed by atoms with Crippen molar-refractivity contribution in [2.45, 2.75) is 25.5 Å². The van der Waals surface area contributed by atoms with Gasteiger partial charge in [-0.05, 0) is 35.9 Å². The molecule has 0 bridgehead atoms. The molecule has 0 radical (unpaired) electrons. The van der Waals surface area contributed by atoms with Gasteiger partial charge in [-0.1, -0.05) is 0 Å². The summed E-state index contributed by atoms with van der Waals surface area (Å²) < 4.78 is 5.29. The average Bonchev–Trinajstić information content (AvgIpc) is 3.04. The van der Waals surface area contributed by atoms with Gasteiger partial charge in [-0.2, -0.15) is 0 Å². The van der Waals surface area contributed by atoms with Crippen LogP contribution in [0.15, 0.2) is 17.5 Å². The first-order valence-corrected chi connectivity index (χ1v) is 6.91. The maximum Gasteiger partial charge on any atom is 0.328 e. The molecule has 1 atom stereocenters. The van der Waals surface area contributed by atoms with E-state index in [-0.39, 0.29) is 12.0 Å². The minimum Gasteiger partial charge on any atom is -0.478 e. The number of thiophene rings is 1. The summed E-state index contributed by atoms with van der Waals surface area (Å²) in [6, 6.07) is 1.83. The first kappa shape index (κ1) is 13.8. The Hall–Kier alpha value is -1.66. The van der Waals surface area contributed by atoms with Gasteiger partial charge in [0.1, 0.15) is 6.10 Å². The third kappa shape index (κ3) is 3.90. The molecule has 0 aliphatic carbocycles. The number of nitrogens with one attached hydrogen (secondary N) is 1. The highest BCUT2D eigenvalue weighted by atomic mass is 32.1. The highest BCUT2D eigenvalue weighted by molar-refractivity contribution is 7.10. The van der Waals surface area contributed by atoms with Crippen LogP contribution in [0.4, 0.5) is 0 Å². The number of carbonyl (C=O) groups excluding carboxylic acids is 1. The zero-order valence-electron chi connectivity index (χ0n) is 10.3. The molecule has 1 aliphatic heterocycles. The normalized spacial score (nSPS) is 18.8. The van der Waals surface area contributed by atoms with Crippen LogP contribution in [0.5, 0.6) is 0 Å². The van der Waals surface area contributed by atoms with Crippen molar-refractivity contribution in [3.05, 3.63) is 28.0 Å². The number of ether oxygens (including phenoxy) is 1. The molecule has 1 aliphatic rings. The number of carboxylic acids is 1. The van der Waals surface area contributed by atoms with Crippen LogP contribution >= 0.6 is 11.3 Å². The van der Waals surface area contributed by atoms with Gasteiger partial charge in [-0.25, -0.2) is 4.79 Å². The van der Waals surface area contributed by atoms with Gasteiger partial charge in [0.25, 0.3) is 0 Å². The smallest absolute Gasteiger partial charge is 0.328 e. The number of aliphatic carboxylic acids is 1. The molecule has 2 N–H and O–H groups in total. The fraction of sp³-hybridized carbons (Fsp3) is 0.385. The molecule has 6 heteroatoms. The molecule has 1 amide bonds. The van der Waals surface area contributed by atoms with Crippen LogP contribution < -0.4 is 5.32 Å². The monoisotopic (exact) mass is 281 g/mol. The Morgan fingerprint density at radius 3 is 3.11 bits per heavy atom. The summed E-state index contributed by atoms with van der Waals surface area (Å²) in [4.78, 5) is 23.2. The molecule has 102 valence electrons. The molecule has 1 unspecified atom stereocenters. The maximum absolute atomic E-state index is 11.8. The lowest BCUT2D eigenvalue weighted by Crippen LogP contribution is -2.33. The summed E-state index contributed by atoms with van der Waals surface area (Å²) in [5.74, 6) is -1.08. The lowest BCUT2D eigenvalue weighted by molar-refractivity contribution is -0.131. The van der Waals surface area contributed by atoms with Gasteiger partial charge in [0.15, 0.2) is 0 Å². The number of carboxylic acid groups (broad SMARTS) is 1.